The van der Waals surface area contributed by atoms with E-state index in [9.17, 15) is 4.79 Å². The van der Waals surface area contributed by atoms with Crippen LogP contribution in [-0.4, -0.2) is 38.6 Å². The zero-order valence-electron chi connectivity index (χ0n) is 17.3. The number of nitrogens with two attached hydrogens (primary N) is 1. The van der Waals surface area contributed by atoms with Crippen molar-refractivity contribution in [1.82, 2.24) is 24.5 Å². The number of aromatic nitrogens is 5. The van der Waals surface area contributed by atoms with E-state index < -0.39 is 0 Å². The molecular weight excluding hydrogens is 450 g/mol. The summed E-state index contributed by atoms with van der Waals surface area (Å²) < 4.78 is 1.65. The second-order valence-electron chi connectivity index (χ2n) is 6.91. The first-order valence-electron chi connectivity index (χ1n) is 9.41. The predicted octanol–water partition coefficient (Wildman–Crippen LogP) is 4.06. The molecule has 31 heavy (non-hydrogen) atoms. The number of fused-ring (bicyclic) bond motifs is 1. The van der Waals surface area contributed by atoms with E-state index in [1.165, 1.54) is 23.1 Å². The highest BCUT2D eigenvalue weighted by atomic mass is 32.2. The van der Waals surface area contributed by atoms with E-state index in [0.717, 1.165) is 10.4 Å². The molecule has 1 atom stereocenters. The second-order valence-corrected chi connectivity index (χ2v) is 10.0. The lowest BCUT2D eigenvalue weighted by Gasteiger charge is -2.16. The number of thiophene rings is 2. The number of thioether (sulfide) groups is 1. The van der Waals surface area contributed by atoms with Gasteiger partial charge in [0.2, 0.25) is 11.9 Å². The lowest BCUT2D eigenvalue weighted by molar-refractivity contribution is 0.670. The minimum absolute atomic E-state index is 0.0756. The first-order chi connectivity index (χ1) is 14.9. The average molecular weight is 472 g/mol. The van der Waals surface area contributed by atoms with Crippen LogP contribution in [0, 0.1) is 0 Å². The van der Waals surface area contributed by atoms with Crippen molar-refractivity contribution in [2.75, 3.05) is 24.7 Å². The Hall–Kier alpha value is -2.76. The summed E-state index contributed by atoms with van der Waals surface area (Å²) in [6.45, 7) is 6.13. The molecule has 0 aliphatic carbocycles. The van der Waals surface area contributed by atoms with Crippen molar-refractivity contribution in [3.8, 4) is 10.4 Å². The maximum Gasteiger partial charge on any atom is 0.263 e. The monoisotopic (exact) mass is 471 g/mol. The van der Waals surface area contributed by atoms with Gasteiger partial charge < -0.3 is 10.6 Å². The normalized spacial score (nSPS) is 12.2. The van der Waals surface area contributed by atoms with Gasteiger partial charge in [-0.05, 0) is 18.4 Å². The van der Waals surface area contributed by atoms with Crippen LogP contribution in [0.15, 0.2) is 45.5 Å². The zero-order chi connectivity index (χ0) is 22.1. The first-order valence-corrected chi connectivity index (χ1v) is 12.0. The highest BCUT2D eigenvalue weighted by molar-refractivity contribution is 7.99. The first kappa shape index (κ1) is 21.5. The highest BCUT2D eigenvalue weighted by Crippen LogP contribution is 2.37. The van der Waals surface area contributed by atoms with E-state index in [2.05, 4.69) is 21.5 Å². The van der Waals surface area contributed by atoms with Crippen molar-refractivity contribution in [3.05, 3.63) is 51.7 Å². The van der Waals surface area contributed by atoms with E-state index in [-0.39, 0.29) is 16.8 Å². The molecule has 11 heteroatoms. The highest BCUT2D eigenvalue weighted by Gasteiger charge is 2.21. The van der Waals surface area contributed by atoms with E-state index in [0.29, 0.717) is 33.7 Å². The van der Waals surface area contributed by atoms with E-state index in [1.54, 1.807) is 26.9 Å². The molecule has 0 fully saturated rings. The summed E-state index contributed by atoms with van der Waals surface area (Å²) in [4.78, 5) is 34.7. The fourth-order valence-corrected chi connectivity index (χ4v) is 5.75. The van der Waals surface area contributed by atoms with Crippen LogP contribution in [0.5, 0.6) is 0 Å². The molecule has 0 saturated heterocycles. The van der Waals surface area contributed by atoms with Gasteiger partial charge >= 0.3 is 0 Å². The molecule has 1 unspecified atom stereocenters. The molecule has 0 bridgehead atoms. The molecule has 0 spiro atoms. The Morgan fingerprint density at radius 2 is 2.10 bits per heavy atom. The Kier molecular flexibility index (Phi) is 6.08. The molecule has 0 aliphatic heterocycles. The third kappa shape index (κ3) is 4.21. The summed E-state index contributed by atoms with van der Waals surface area (Å²) in [7, 11) is 3.69. The van der Waals surface area contributed by atoms with Gasteiger partial charge in [0, 0.05) is 36.5 Å². The summed E-state index contributed by atoms with van der Waals surface area (Å²) >= 11 is 4.50. The molecule has 4 heterocycles. The number of nitrogens with zero attached hydrogens (tertiary/aromatic N) is 6. The van der Waals surface area contributed by atoms with Gasteiger partial charge in [0.1, 0.15) is 10.7 Å². The zero-order valence-corrected chi connectivity index (χ0v) is 19.7. The van der Waals surface area contributed by atoms with Gasteiger partial charge in [-0.25, -0.2) is 4.98 Å². The van der Waals surface area contributed by atoms with Crippen LogP contribution in [0.25, 0.3) is 20.7 Å². The molecule has 160 valence electrons. The van der Waals surface area contributed by atoms with Crippen molar-refractivity contribution in [3.63, 3.8) is 0 Å². The SMILES string of the molecule is C=CCn1c(SC(C)c2nc(N)nc(N(C)C)n2)nc2scc(-c3cccs3)c2c1=O. The van der Waals surface area contributed by atoms with Gasteiger partial charge in [-0.1, -0.05) is 23.9 Å². The molecule has 0 aliphatic rings. The fraction of sp³-hybridized carbons (Fsp3) is 0.250. The van der Waals surface area contributed by atoms with Crippen LogP contribution >= 0.6 is 34.4 Å². The summed E-state index contributed by atoms with van der Waals surface area (Å²) in [5, 5.41) is 5.04. The molecule has 0 saturated carbocycles. The Labute approximate surface area is 191 Å². The third-order valence-corrected chi connectivity index (χ3v) is 7.32. The number of rotatable bonds is 7. The molecular formula is C20H21N7OS3. The molecule has 0 radical (unpaired) electrons. The third-order valence-electron chi connectivity index (χ3n) is 4.46. The molecule has 0 aromatic carbocycles. The molecule has 4 aromatic rings. The van der Waals surface area contributed by atoms with E-state index in [4.69, 9.17) is 10.7 Å². The average Bonchev–Trinajstić information content (AvgIpc) is 3.40. The smallest absolute Gasteiger partial charge is 0.263 e. The Morgan fingerprint density at radius 1 is 1.29 bits per heavy atom. The number of hydrogen-bond donors (Lipinski definition) is 1. The standard InChI is InChI=1S/C20H21N7OS3/c1-5-8-27-17(28)14-12(13-7-6-9-29-13)10-30-16(14)24-20(27)31-11(2)15-22-18(21)25-19(23-15)26(3)4/h5-7,9-11H,1,8H2,2-4H3,(H2,21,22,23,25). The number of anilines is 2. The topological polar surface area (TPSA) is 103 Å². The quantitative estimate of drug-likeness (QED) is 0.245. The van der Waals surface area contributed by atoms with Gasteiger partial charge in [-0.2, -0.15) is 15.0 Å². The molecule has 0 amide bonds. The van der Waals surface area contributed by atoms with Crippen LogP contribution in [0.4, 0.5) is 11.9 Å². The number of hydrogen-bond acceptors (Lipinski definition) is 10. The maximum atomic E-state index is 13.4. The van der Waals surface area contributed by atoms with Crippen LogP contribution in [-0.2, 0) is 6.54 Å². The summed E-state index contributed by atoms with van der Waals surface area (Å²) in [6.07, 6.45) is 1.70. The largest absolute Gasteiger partial charge is 0.368 e. The summed E-state index contributed by atoms with van der Waals surface area (Å²) in [5.41, 5.74) is 6.73. The van der Waals surface area contributed by atoms with Crippen LogP contribution in [0.2, 0.25) is 0 Å². The molecule has 4 aromatic heterocycles. The minimum atomic E-state index is -0.193. The lowest BCUT2D eigenvalue weighted by Crippen LogP contribution is -2.23. The van der Waals surface area contributed by atoms with Crippen molar-refractivity contribution in [2.45, 2.75) is 23.9 Å². The van der Waals surface area contributed by atoms with Crippen molar-refractivity contribution in [2.24, 2.45) is 0 Å². The van der Waals surface area contributed by atoms with Crippen LogP contribution < -0.4 is 16.2 Å². The van der Waals surface area contributed by atoms with Crippen LogP contribution in [0.3, 0.4) is 0 Å². The molecule has 2 N–H and O–H groups in total. The van der Waals surface area contributed by atoms with Gasteiger partial charge in [0.25, 0.3) is 5.56 Å². The molecule has 4 rings (SSSR count). The lowest BCUT2D eigenvalue weighted by atomic mass is 10.2. The minimum Gasteiger partial charge on any atom is -0.368 e. The van der Waals surface area contributed by atoms with Crippen LogP contribution in [0.1, 0.15) is 18.0 Å². The van der Waals surface area contributed by atoms with E-state index in [1.807, 2.05) is 43.9 Å². The van der Waals surface area contributed by atoms with Crippen molar-refractivity contribution in [1.29, 1.82) is 0 Å². The van der Waals surface area contributed by atoms with Gasteiger partial charge in [-0.15, -0.1) is 29.3 Å². The van der Waals surface area contributed by atoms with Gasteiger partial charge in [0.05, 0.1) is 10.6 Å². The number of nitrogen functional groups attached to an aromatic ring is 1. The summed E-state index contributed by atoms with van der Waals surface area (Å²) in [5.74, 6) is 1.18. The predicted molar refractivity (Wildman–Crippen MR) is 130 cm³/mol. The van der Waals surface area contributed by atoms with Crippen molar-refractivity contribution < 1.29 is 0 Å². The second kappa shape index (κ2) is 8.77. The van der Waals surface area contributed by atoms with Gasteiger partial charge in [0.15, 0.2) is 5.16 Å². The molecule has 8 nitrogen and oxygen atoms in total. The van der Waals surface area contributed by atoms with E-state index >= 15 is 0 Å². The Balaban J connectivity index is 1.78. The summed E-state index contributed by atoms with van der Waals surface area (Å²) in [6, 6.07) is 4.00. The fourth-order valence-electron chi connectivity index (χ4n) is 2.99. The maximum absolute atomic E-state index is 13.4. The Morgan fingerprint density at radius 3 is 2.77 bits per heavy atom. The number of allylic oxidation sites excluding steroid dienone is 1. The Bertz CT molecular complexity index is 1290. The van der Waals surface area contributed by atoms with Gasteiger partial charge in [-0.3, -0.25) is 9.36 Å². The van der Waals surface area contributed by atoms with Crippen molar-refractivity contribution >= 4 is 56.5 Å².